The van der Waals surface area contributed by atoms with Gasteiger partial charge < -0.3 is 24.1 Å². The SMILES string of the molecule is COC(=O)c1ccc(OCc2noc(C(=O)NCc3ccc(OC)cc3)n2)cc1. The molecule has 1 N–H and O–H groups in total. The van der Waals surface area contributed by atoms with Crippen LogP contribution in [0.1, 0.15) is 32.4 Å². The van der Waals surface area contributed by atoms with Gasteiger partial charge in [-0.2, -0.15) is 4.98 Å². The lowest BCUT2D eigenvalue weighted by molar-refractivity contribution is 0.0600. The van der Waals surface area contributed by atoms with Crippen molar-refractivity contribution in [3.8, 4) is 11.5 Å². The van der Waals surface area contributed by atoms with Crippen LogP contribution in [0.5, 0.6) is 11.5 Å². The van der Waals surface area contributed by atoms with Crippen molar-refractivity contribution in [2.45, 2.75) is 13.2 Å². The molecule has 3 aromatic rings. The first-order valence-corrected chi connectivity index (χ1v) is 8.64. The normalized spacial score (nSPS) is 10.3. The zero-order chi connectivity index (χ0) is 20.6. The number of esters is 1. The molecule has 29 heavy (non-hydrogen) atoms. The fourth-order valence-corrected chi connectivity index (χ4v) is 2.36. The van der Waals surface area contributed by atoms with E-state index < -0.39 is 11.9 Å². The number of methoxy groups -OCH3 is 2. The monoisotopic (exact) mass is 397 g/mol. The lowest BCUT2D eigenvalue weighted by Crippen LogP contribution is -2.23. The number of ether oxygens (including phenoxy) is 3. The van der Waals surface area contributed by atoms with Gasteiger partial charge in [-0.05, 0) is 42.0 Å². The van der Waals surface area contributed by atoms with Crippen LogP contribution in [0.15, 0.2) is 53.1 Å². The average molecular weight is 397 g/mol. The molecule has 150 valence electrons. The maximum absolute atomic E-state index is 12.1. The van der Waals surface area contributed by atoms with Gasteiger partial charge in [-0.15, -0.1) is 0 Å². The molecule has 0 saturated carbocycles. The third kappa shape index (κ3) is 5.32. The summed E-state index contributed by atoms with van der Waals surface area (Å²) < 4.78 is 20.2. The molecule has 0 radical (unpaired) electrons. The fraction of sp³-hybridized carbons (Fsp3) is 0.200. The van der Waals surface area contributed by atoms with Crippen LogP contribution in [-0.2, 0) is 17.9 Å². The number of nitrogens with zero attached hydrogens (tertiary/aromatic N) is 2. The standard InChI is InChI=1S/C20H19N3O6/c1-26-15-7-3-13(4-8-15)11-21-18(24)19-22-17(23-29-19)12-28-16-9-5-14(6-10-16)20(25)27-2/h3-10H,11-12H2,1-2H3,(H,21,24). The molecule has 0 atom stereocenters. The van der Waals surface area contributed by atoms with E-state index in [-0.39, 0.29) is 18.3 Å². The summed E-state index contributed by atoms with van der Waals surface area (Å²) in [5.41, 5.74) is 1.31. The van der Waals surface area contributed by atoms with Gasteiger partial charge >= 0.3 is 17.8 Å². The van der Waals surface area contributed by atoms with Crippen LogP contribution < -0.4 is 14.8 Å². The second kappa shape index (κ2) is 9.36. The highest BCUT2D eigenvalue weighted by Crippen LogP contribution is 2.14. The Hall–Kier alpha value is -3.88. The molecule has 3 rings (SSSR count). The van der Waals surface area contributed by atoms with E-state index in [2.05, 4.69) is 20.2 Å². The molecule has 9 nitrogen and oxygen atoms in total. The van der Waals surface area contributed by atoms with Gasteiger partial charge in [0.05, 0.1) is 19.8 Å². The van der Waals surface area contributed by atoms with Crippen molar-refractivity contribution in [3.05, 3.63) is 71.4 Å². The second-order valence-corrected chi connectivity index (χ2v) is 5.85. The van der Waals surface area contributed by atoms with Gasteiger partial charge in [0, 0.05) is 6.54 Å². The van der Waals surface area contributed by atoms with Crippen LogP contribution >= 0.6 is 0 Å². The summed E-state index contributed by atoms with van der Waals surface area (Å²) in [4.78, 5) is 27.6. The van der Waals surface area contributed by atoms with E-state index in [1.165, 1.54) is 7.11 Å². The number of amides is 1. The number of nitrogens with one attached hydrogen (secondary N) is 1. The van der Waals surface area contributed by atoms with E-state index in [4.69, 9.17) is 14.0 Å². The molecule has 0 fully saturated rings. The highest BCUT2D eigenvalue weighted by atomic mass is 16.5. The molecule has 1 amide bonds. The summed E-state index contributed by atoms with van der Waals surface area (Å²) in [7, 11) is 2.90. The van der Waals surface area contributed by atoms with Gasteiger partial charge in [0.1, 0.15) is 11.5 Å². The average Bonchev–Trinajstić information content (AvgIpc) is 3.25. The molecule has 0 saturated heterocycles. The quantitative estimate of drug-likeness (QED) is 0.577. The largest absolute Gasteiger partial charge is 0.497 e. The van der Waals surface area contributed by atoms with Crippen molar-refractivity contribution >= 4 is 11.9 Å². The van der Waals surface area contributed by atoms with Crippen molar-refractivity contribution in [1.82, 2.24) is 15.5 Å². The highest BCUT2D eigenvalue weighted by molar-refractivity contribution is 5.89. The first kappa shape index (κ1) is 19.9. The summed E-state index contributed by atoms with van der Waals surface area (Å²) in [6, 6.07) is 13.7. The minimum Gasteiger partial charge on any atom is -0.497 e. The van der Waals surface area contributed by atoms with E-state index in [1.54, 1.807) is 43.5 Å². The first-order chi connectivity index (χ1) is 14.1. The maximum atomic E-state index is 12.1. The van der Waals surface area contributed by atoms with Crippen molar-refractivity contribution in [3.63, 3.8) is 0 Å². The zero-order valence-electron chi connectivity index (χ0n) is 15.9. The Labute approximate surface area is 166 Å². The van der Waals surface area contributed by atoms with Crippen molar-refractivity contribution in [2.75, 3.05) is 14.2 Å². The van der Waals surface area contributed by atoms with Gasteiger partial charge in [-0.25, -0.2) is 4.79 Å². The van der Waals surface area contributed by atoms with Crippen LogP contribution in [-0.4, -0.2) is 36.2 Å². The Bertz CT molecular complexity index is 967. The number of carbonyl (C=O) groups is 2. The molecule has 9 heteroatoms. The summed E-state index contributed by atoms with van der Waals surface area (Å²) in [6.07, 6.45) is 0. The Morgan fingerprint density at radius 1 is 1.00 bits per heavy atom. The van der Waals surface area contributed by atoms with E-state index >= 15 is 0 Å². The summed E-state index contributed by atoms with van der Waals surface area (Å²) in [5, 5.41) is 6.43. The summed E-state index contributed by atoms with van der Waals surface area (Å²) in [5.74, 6) is 0.395. The lowest BCUT2D eigenvalue weighted by atomic mass is 10.2. The van der Waals surface area contributed by atoms with Crippen LogP contribution in [0.3, 0.4) is 0 Å². The Balaban J connectivity index is 1.50. The van der Waals surface area contributed by atoms with E-state index in [0.717, 1.165) is 11.3 Å². The minimum atomic E-state index is -0.484. The maximum Gasteiger partial charge on any atom is 0.337 e. The van der Waals surface area contributed by atoms with Crippen molar-refractivity contribution in [2.24, 2.45) is 0 Å². The molecule has 0 aliphatic carbocycles. The molecule has 1 aromatic heterocycles. The number of benzene rings is 2. The zero-order valence-corrected chi connectivity index (χ0v) is 15.9. The van der Waals surface area contributed by atoms with Crippen LogP contribution in [0.25, 0.3) is 0 Å². The number of aromatic nitrogens is 2. The van der Waals surface area contributed by atoms with Crippen LogP contribution in [0.4, 0.5) is 0 Å². The van der Waals surface area contributed by atoms with E-state index in [9.17, 15) is 9.59 Å². The molecule has 1 heterocycles. The smallest absolute Gasteiger partial charge is 0.337 e. The third-order valence-electron chi connectivity index (χ3n) is 3.92. The summed E-state index contributed by atoms with van der Waals surface area (Å²) in [6.45, 7) is 0.316. The van der Waals surface area contributed by atoms with Crippen LogP contribution in [0, 0.1) is 0 Å². The molecule has 2 aromatic carbocycles. The number of rotatable bonds is 8. The highest BCUT2D eigenvalue weighted by Gasteiger charge is 2.15. The number of carbonyl (C=O) groups excluding carboxylic acids is 2. The third-order valence-corrected chi connectivity index (χ3v) is 3.92. The second-order valence-electron chi connectivity index (χ2n) is 5.85. The number of hydrogen-bond acceptors (Lipinski definition) is 8. The van der Waals surface area contributed by atoms with Gasteiger partial charge in [0.2, 0.25) is 5.82 Å². The predicted octanol–water partition coefficient (Wildman–Crippen LogP) is 2.37. The molecule has 0 aliphatic heterocycles. The van der Waals surface area contributed by atoms with E-state index in [1.807, 2.05) is 12.1 Å². The van der Waals surface area contributed by atoms with Crippen molar-refractivity contribution in [1.29, 1.82) is 0 Å². The topological polar surface area (TPSA) is 113 Å². The molecule has 0 unspecified atom stereocenters. The summed E-state index contributed by atoms with van der Waals surface area (Å²) >= 11 is 0. The Kier molecular flexibility index (Phi) is 6.41. The minimum absolute atomic E-state index is 0.00678. The van der Waals surface area contributed by atoms with Gasteiger partial charge in [-0.3, -0.25) is 4.79 Å². The molecule has 0 spiro atoms. The predicted molar refractivity (Wildman–Crippen MR) is 101 cm³/mol. The van der Waals surface area contributed by atoms with E-state index in [0.29, 0.717) is 17.9 Å². The Morgan fingerprint density at radius 3 is 2.34 bits per heavy atom. The fourth-order valence-electron chi connectivity index (χ4n) is 2.36. The Morgan fingerprint density at radius 2 is 1.69 bits per heavy atom. The van der Waals surface area contributed by atoms with Crippen LogP contribution in [0.2, 0.25) is 0 Å². The van der Waals surface area contributed by atoms with Crippen molar-refractivity contribution < 1.29 is 28.3 Å². The molecular weight excluding hydrogens is 378 g/mol. The molecule has 0 bridgehead atoms. The van der Waals surface area contributed by atoms with Gasteiger partial charge in [-0.1, -0.05) is 17.3 Å². The lowest BCUT2D eigenvalue weighted by Gasteiger charge is -2.04. The first-order valence-electron chi connectivity index (χ1n) is 8.64. The number of hydrogen-bond donors (Lipinski definition) is 1. The molecule has 0 aliphatic rings. The van der Waals surface area contributed by atoms with Gasteiger partial charge in [0.15, 0.2) is 6.61 Å². The molecular formula is C20H19N3O6. The van der Waals surface area contributed by atoms with Gasteiger partial charge in [0.25, 0.3) is 0 Å².